The molecular weight excluding hydrogens is 238 g/mol. The fourth-order valence-electron chi connectivity index (χ4n) is 2.21. The van der Waals surface area contributed by atoms with Crippen molar-refractivity contribution < 1.29 is 9.52 Å². The molecule has 3 nitrogen and oxygen atoms in total. The Kier molecular flexibility index (Phi) is 4.77. The highest BCUT2D eigenvalue weighted by molar-refractivity contribution is 5.19. The monoisotopic (exact) mass is 259 g/mol. The molecule has 2 N–H and O–H groups in total. The van der Waals surface area contributed by atoms with E-state index in [2.05, 4.69) is 43.4 Å². The molecule has 0 saturated carbocycles. The van der Waals surface area contributed by atoms with Gasteiger partial charge in [0.1, 0.15) is 18.1 Å². The maximum absolute atomic E-state index is 8.98. The Morgan fingerprint density at radius 3 is 2.32 bits per heavy atom. The minimum Gasteiger partial charge on any atom is -0.462 e. The smallest absolute Gasteiger partial charge is 0.129 e. The molecule has 0 aliphatic rings. The van der Waals surface area contributed by atoms with Crippen molar-refractivity contribution in [2.75, 3.05) is 0 Å². The van der Waals surface area contributed by atoms with Crippen molar-refractivity contribution in [3.8, 4) is 0 Å². The number of rotatable bonds is 6. The summed E-state index contributed by atoms with van der Waals surface area (Å²) < 4.78 is 5.49. The topological polar surface area (TPSA) is 45.4 Å². The van der Waals surface area contributed by atoms with E-state index in [-0.39, 0.29) is 6.61 Å². The van der Waals surface area contributed by atoms with Gasteiger partial charge in [-0.25, -0.2) is 0 Å². The van der Waals surface area contributed by atoms with Gasteiger partial charge in [0.25, 0.3) is 0 Å². The summed E-state index contributed by atoms with van der Waals surface area (Å²) in [7, 11) is 0. The second kappa shape index (κ2) is 6.55. The zero-order valence-electron chi connectivity index (χ0n) is 11.5. The molecule has 1 atom stereocenters. The zero-order valence-corrected chi connectivity index (χ0v) is 11.5. The van der Waals surface area contributed by atoms with Crippen molar-refractivity contribution in [2.24, 2.45) is 5.92 Å². The van der Waals surface area contributed by atoms with Crippen LogP contribution in [0.1, 0.15) is 37.0 Å². The van der Waals surface area contributed by atoms with Crippen LogP contribution in [0.3, 0.4) is 0 Å². The lowest BCUT2D eigenvalue weighted by Gasteiger charge is -2.22. The Hall–Kier alpha value is -1.58. The SMILES string of the molecule is CC(C)C(NCc1ccc(CO)o1)c1ccccc1. The molecule has 19 heavy (non-hydrogen) atoms. The molecule has 0 fully saturated rings. The normalized spacial score (nSPS) is 12.8. The zero-order chi connectivity index (χ0) is 13.7. The molecule has 1 unspecified atom stereocenters. The third-order valence-corrected chi connectivity index (χ3v) is 3.19. The number of nitrogens with one attached hydrogen (secondary N) is 1. The summed E-state index contributed by atoms with van der Waals surface area (Å²) in [6.07, 6.45) is 0. The van der Waals surface area contributed by atoms with Crippen molar-refractivity contribution in [2.45, 2.75) is 33.0 Å². The second-order valence-electron chi connectivity index (χ2n) is 5.04. The van der Waals surface area contributed by atoms with Crippen LogP contribution in [0.15, 0.2) is 46.9 Å². The van der Waals surface area contributed by atoms with Crippen LogP contribution in [0.5, 0.6) is 0 Å². The minimum absolute atomic E-state index is 0.0493. The Balaban J connectivity index is 2.02. The summed E-state index contributed by atoms with van der Waals surface area (Å²) in [5, 5.41) is 12.5. The largest absolute Gasteiger partial charge is 0.462 e. The maximum Gasteiger partial charge on any atom is 0.129 e. The van der Waals surface area contributed by atoms with Crippen LogP contribution in [-0.4, -0.2) is 5.11 Å². The third-order valence-electron chi connectivity index (χ3n) is 3.19. The molecule has 3 heteroatoms. The van der Waals surface area contributed by atoms with Gasteiger partial charge in [-0.1, -0.05) is 44.2 Å². The van der Waals surface area contributed by atoms with Crippen LogP contribution in [0, 0.1) is 5.92 Å². The summed E-state index contributed by atoms with van der Waals surface area (Å²) in [6.45, 7) is 5.02. The highest BCUT2D eigenvalue weighted by Gasteiger charge is 2.15. The molecule has 2 aromatic rings. The number of hydrogen-bond donors (Lipinski definition) is 2. The van der Waals surface area contributed by atoms with Gasteiger partial charge in [0, 0.05) is 6.04 Å². The molecule has 0 amide bonds. The van der Waals surface area contributed by atoms with Gasteiger partial charge in [-0.05, 0) is 23.6 Å². The molecular formula is C16H21NO2. The Bertz CT molecular complexity index is 490. The molecule has 1 aromatic heterocycles. The van der Waals surface area contributed by atoms with Crippen LogP contribution in [0.25, 0.3) is 0 Å². The van der Waals surface area contributed by atoms with Gasteiger partial charge >= 0.3 is 0 Å². The van der Waals surface area contributed by atoms with Crippen molar-refractivity contribution in [1.82, 2.24) is 5.32 Å². The maximum atomic E-state index is 8.98. The lowest BCUT2D eigenvalue weighted by molar-refractivity contribution is 0.241. The minimum atomic E-state index is -0.0493. The Morgan fingerprint density at radius 2 is 1.74 bits per heavy atom. The number of furan rings is 1. The number of hydrogen-bond acceptors (Lipinski definition) is 3. The molecule has 0 aliphatic carbocycles. The van der Waals surface area contributed by atoms with E-state index in [1.807, 2.05) is 18.2 Å². The first-order valence-corrected chi connectivity index (χ1v) is 6.67. The molecule has 0 bridgehead atoms. The quantitative estimate of drug-likeness (QED) is 0.837. The number of aliphatic hydroxyl groups is 1. The summed E-state index contributed by atoms with van der Waals surface area (Å²) in [5.74, 6) is 1.96. The first kappa shape index (κ1) is 13.8. The summed E-state index contributed by atoms with van der Waals surface area (Å²) in [4.78, 5) is 0. The molecule has 0 spiro atoms. The highest BCUT2D eigenvalue weighted by Crippen LogP contribution is 2.22. The molecule has 0 aliphatic heterocycles. The van der Waals surface area contributed by atoms with Crippen molar-refractivity contribution in [3.05, 3.63) is 59.5 Å². The van der Waals surface area contributed by atoms with Crippen LogP contribution >= 0.6 is 0 Å². The van der Waals surface area contributed by atoms with Gasteiger partial charge in [-0.2, -0.15) is 0 Å². The molecule has 0 saturated heterocycles. The van der Waals surface area contributed by atoms with Gasteiger partial charge in [-0.3, -0.25) is 0 Å². The first-order valence-electron chi connectivity index (χ1n) is 6.67. The van der Waals surface area contributed by atoms with E-state index in [1.165, 1.54) is 5.56 Å². The number of aliphatic hydroxyl groups excluding tert-OH is 1. The van der Waals surface area contributed by atoms with E-state index in [4.69, 9.17) is 9.52 Å². The Morgan fingerprint density at radius 1 is 1.05 bits per heavy atom. The van der Waals surface area contributed by atoms with E-state index < -0.39 is 0 Å². The second-order valence-corrected chi connectivity index (χ2v) is 5.04. The van der Waals surface area contributed by atoms with E-state index in [0.717, 1.165) is 5.76 Å². The van der Waals surface area contributed by atoms with Gasteiger partial charge in [0.05, 0.1) is 6.54 Å². The predicted molar refractivity (Wildman–Crippen MR) is 75.5 cm³/mol. The van der Waals surface area contributed by atoms with Crippen molar-refractivity contribution >= 4 is 0 Å². The summed E-state index contributed by atoms with van der Waals surface area (Å²) >= 11 is 0. The van der Waals surface area contributed by atoms with E-state index in [1.54, 1.807) is 0 Å². The molecule has 102 valence electrons. The lowest BCUT2D eigenvalue weighted by atomic mass is 9.96. The molecule has 2 rings (SSSR count). The van der Waals surface area contributed by atoms with Crippen molar-refractivity contribution in [1.29, 1.82) is 0 Å². The van der Waals surface area contributed by atoms with Gasteiger partial charge in [0.2, 0.25) is 0 Å². The fourth-order valence-corrected chi connectivity index (χ4v) is 2.21. The average molecular weight is 259 g/mol. The first-order chi connectivity index (χ1) is 9.20. The molecule has 1 aromatic carbocycles. The lowest BCUT2D eigenvalue weighted by Crippen LogP contribution is -2.25. The summed E-state index contributed by atoms with van der Waals surface area (Å²) in [6, 6.07) is 14.4. The third kappa shape index (κ3) is 3.69. The Labute approximate surface area is 114 Å². The van der Waals surface area contributed by atoms with Crippen LogP contribution < -0.4 is 5.32 Å². The highest BCUT2D eigenvalue weighted by atomic mass is 16.4. The van der Waals surface area contributed by atoms with E-state index in [9.17, 15) is 0 Å². The van der Waals surface area contributed by atoms with Gasteiger partial charge in [-0.15, -0.1) is 0 Å². The van der Waals surface area contributed by atoms with Crippen molar-refractivity contribution in [3.63, 3.8) is 0 Å². The average Bonchev–Trinajstić information content (AvgIpc) is 2.88. The van der Waals surface area contributed by atoms with E-state index >= 15 is 0 Å². The van der Waals surface area contributed by atoms with Crippen LogP contribution in [0.4, 0.5) is 0 Å². The van der Waals surface area contributed by atoms with Gasteiger partial charge in [0.15, 0.2) is 0 Å². The standard InChI is InChI=1S/C16H21NO2/c1-12(2)16(13-6-4-3-5-7-13)17-10-14-8-9-15(11-18)19-14/h3-9,12,16-18H,10-11H2,1-2H3. The van der Waals surface area contributed by atoms with Gasteiger partial charge < -0.3 is 14.8 Å². The van der Waals surface area contributed by atoms with Crippen LogP contribution in [0.2, 0.25) is 0 Å². The molecule has 1 heterocycles. The summed E-state index contributed by atoms with van der Waals surface area (Å²) in [5.41, 5.74) is 1.28. The van der Waals surface area contributed by atoms with E-state index in [0.29, 0.717) is 24.3 Å². The molecule has 0 radical (unpaired) electrons. The predicted octanol–water partition coefficient (Wildman–Crippen LogP) is 3.26. The number of benzene rings is 1. The van der Waals surface area contributed by atoms with Crippen LogP contribution in [-0.2, 0) is 13.2 Å². The fraction of sp³-hybridized carbons (Fsp3) is 0.375.